The molecule has 0 radical (unpaired) electrons. The second-order valence-corrected chi connectivity index (χ2v) is 7.91. The number of carbonyl (C=O) groups excluding carboxylic acids is 1. The minimum atomic E-state index is 0.0467. The van der Waals surface area contributed by atoms with Gasteiger partial charge in [0.15, 0.2) is 5.82 Å². The summed E-state index contributed by atoms with van der Waals surface area (Å²) in [5.41, 5.74) is 1.09. The van der Waals surface area contributed by atoms with Gasteiger partial charge in [0.2, 0.25) is 11.1 Å². The molecule has 0 unspecified atom stereocenters. The van der Waals surface area contributed by atoms with Gasteiger partial charge in [0.05, 0.1) is 10.6 Å². The Bertz CT molecular complexity index is 802. The molecule has 0 atom stereocenters. The van der Waals surface area contributed by atoms with Crippen LogP contribution in [0.25, 0.3) is 10.7 Å². The minimum Gasteiger partial charge on any atom is -0.341 e. The Hall–Kier alpha value is -1.64. The average molecular weight is 423 g/mol. The summed E-state index contributed by atoms with van der Waals surface area (Å²) >= 11 is 6.35. The van der Waals surface area contributed by atoms with Crippen LogP contribution in [0, 0.1) is 0 Å². The van der Waals surface area contributed by atoms with Crippen molar-refractivity contribution in [3.63, 3.8) is 0 Å². The molecule has 24 heavy (non-hydrogen) atoms. The highest BCUT2D eigenvalue weighted by Crippen LogP contribution is 2.23. The summed E-state index contributed by atoms with van der Waals surface area (Å²) in [5.74, 6) is 1.10. The van der Waals surface area contributed by atoms with Crippen LogP contribution in [0.2, 0.25) is 0 Å². The van der Waals surface area contributed by atoms with Crippen LogP contribution >= 0.6 is 39.0 Å². The maximum atomic E-state index is 12.3. The van der Waals surface area contributed by atoms with Crippen LogP contribution in [0.1, 0.15) is 5.56 Å². The molecule has 0 aliphatic heterocycles. The van der Waals surface area contributed by atoms with E-state index in [0.717, 1.165) is 20.7 Å². The number of nitrogens with one attached hydrogen (secondary N) is 1. The second-order valence-electron chi connectivity index (χ2n) is 5.11. The molecule has 0 bridgehead atoms. The highest BCUT2D eigenvalue weighted by Gasteiger charge is 2.13. The minimum absolute atomic E-state index is 0.0467. The van der Waals surface area contributed by atoms with E-state index in [-0.39, 0.29) is 5.91 Å². The molecule has 0 aliphatic rings. The number of amides is 1. The fourth-order valence-corrected chi connectivity index (χ4v) is 3.69. The van der Waals surface area contributed by atoms with Crippen LogP contribution in [-0.2, 0) is 11.3 Å². The van der Waals surface area contributed by atoms with Crippen molar-refractivity contribution in [3.05, 3.63) is 51.8 Å². The molecule has 0 saturated heterocycles. The van der Waals surface area contributed by atoms with E-state index in [9.17, 15) is 4.79 Å². The Labute approximate surface area is 156 Å². The van der Waals surface area contributed by atoms with Crippen LogP contribution in [-0.4, -0.2) is 38.8 Å². The summed E-state index contributed by atoms with van der Waals surface area (Å²) < 4.78 is 1.03. The number of aromatic nitrogens is 3. The Morgan fingerprint density at radius 2 is 2.12 bits per heavy atom. The number of halogens is 1. The van der Waals surface area contributed by atoms with Gasteiger partial charge in [0, 0.05) is 18.1 Å². The van der Waals surface area contributed by atoms with Crippen molar-refractivity contribution in [3.8, 4) is 10.7 Å². The Kier molecular flexibility index (Phi) is 5.70. The Morgan fingerprint density at radius 1 is 1.33 bits per heavy atom. The third-order valence-electron chi connectivity index (χ3n) is 3.30. The van der Waals surface area contributed by atoms with Gasteiger partial charge in [-0.3, -0.25) is 9.89 Å². The molecule has 0 aliphatic carbocycles. The van der Waals surface area contributed by atoms with Crippen molar-refractivity contribution in [2.75, 3.05) is 12.8 Å². The zero-order valence-electron chi connectivity index (χ0n) is 12.9. The molecule has 5 nitrogen and oxygen atoms in total. The molecular formula is C16H15BrN4OS2. The topological polar surface area (TPSA) is 61.9 Å². The van der Waals surface area contributed by atoms with Crippen molar-refractivity contribution in [2.24, 2.45) is 0 Å². The van der Waals surface area contributed by atoms with Gasteiger partial charge in [-0.25, -0.2) is 4.98 Å². The van der Waals surface area contributed by atoms with Crippen molar-refractivity contribution in [1.82, 2.24) is 20.1 Å². The average Bonchev–Trinajstić information content (AvgIpc) is 3.25. The van der Waals surface area contributed by atoms with Gasteiger partial charge in [0.25, 0.3) is 0 Å². The van der Waals surface area contributed by atoms with E-state index < -0.39 is 0 Å². The number of nitrogens with zero attached hydrogens (tertiary/aromatic N) is 3. The zero-order chi connectivity index (χ0) is 16.9. The summed E-state index contributed by atoms with van der Waals surface area (Å²) in [6.45, 7) is 0.584. The second kappa shape index (κ2) is 7.96. The van der Waals surface area contributed by atoms with Gasteiger partial charge >= 0.3 is 0 Å². The number of hydrogen-bond donors (Lipinski definition) is 1. The van der Waals surface area contributed by atoms with Crippen molar-refractivity contribution >= 4 is 44.9 Å². The maximum Gasteiger partial charge on any atom is 0.233 e. The van der Waals surface area contributed by atoms with E-state index in [2.05, 4.69) is 31.1 Å². The van der Waals surface area contributed by atoms with Crippen LogP contribution in [0.5, 0.6) is 0 Å². The van der Waals surface area contributed by atoms with E-state index in [1.807, 2.05) is 41.8 Å². The normalized spacial score (nSPS) is 10.8. The van der Waals surface area contributed by atoms with E-state index >= 15 is 0 Å². The first-order chi connectivity index (χ1) is 11.6. The van der Waals surface area contributed by atoms with E-state index in [1.54, 1.807) is 23.3 Å². The molecule has 8 heteroatoms. The highest BCUT2D eigenvalue weighted by molar-refractivity contribution is 9.10. The number of hydrogen-bond acceptors (Lipinski definition) is 5. The third kappa shape index (κ3) is 4.46. The molecule has 0 fully saturated rings. The van der Waals surface area contributed by atoms with E-state index in [4.69, 9.17) is 0 Å². The monoisotopic (exact) mass is 422 g/mol. The Balaban J connectivity index is 1.52. The predicted molar refractivity (Wildman–Crippen MR) is 101 cm³/mol. The van der Waals surface area contributed by atoms with Crippen LogP contribution in [0.4, 0.5) is 0 Å². The van der Waals surface area contributed by atoms with Crippen molar-refractivity contribution in [1.29, 1.82) is 0 Å². The first kappa shape index (κ1) is 17.2. The van der Waals surface area contributed by atoms with Gasteiger partial charge in [-0.15, -0.1) is 16.4 Å². The fourth-order valence-electron chi connectivity index (χ4n) is 2.02. The number of carbonyl (C=O) groups is 1. The Morgan fingerprint density at radius 3 is 2.83 bits per heavy atom. The lowest BCUT2D eigenvalue weighted by Crippen LogP contribution is -2.27. The number of aromatic amines is 1. The summed E-state index contributed by atoms with van der Waals surface area (Å²) in [5, 5.41) is 9.64. The molecule has 0 spiro atoms. The highest BCUT2D eigenvalue weighted by atomic mass is 79.9. The quantitative estimate of drug-likeness (QED) is 0.608. The molecular weight excluding hydrogens is 408 g/mol. The van der Waals surface area contributed by atoms with Crippen LogP contribution < -0.4 is 0 Å². The standard InChI is InChI=1S/C16H15BrN4OS2/c1-21(9-11-4-6-12(17)7-5-11)14(22)10-24-16-18-15(19-20-16)13-3-2-8-23-13/h2-8H,9-10H2,1H3,(H,18,19,20). The maximum absolute atomic E-state index is 12.3. The van der Waals surface area contributed by atoms with Crippen molar-refractivity contribution < 1.29 is 4.79 Å². The lowest BCUT2D eigenvalue weighted by molar-refractivity contribution is -0.127. The van der Waals surface area contributed by atoms with Gasteiger partial charge < -0.3 is 4.90 Å². The number of benzene rings is 1. The zero-order valence-corrected chi connectivity index (χ0v) is 16.1. The lowest BCUT2D eigenvalue weighted by atomic mass is 10.2. The molecule has 1 aromatic carbocycles. The van der Waals surface area contributed by atoms with Gasteiger partial charge in [0.1, 0.15) is 0 Å². The fraction of sp³-hybridized carbons (Fsp3) is 0.188. The molecule has 0 saturated carbocycles. The summed E-state index contributed by atoms with van der Waals surface area (Å²) in [7, 11) is 1.81. The first-order valence-electron chi connectivity index (χ1n) is 7.19. The molecule has 3 rings (SSSR count). The van der Waals surface area contributed by atoms with Crippen molar-refractivity contribution in [2.45, 2.75) is 11.7 Å². The first-order valence-corrected chi connectivity index (χ1v) is 9.85. The number of rotatable bonds is 6. The largest absolute Gasteiger partial charge is 0.341 e. The smallest absolute Gasteiger partial charge is 0.233 e. The molecule has 124 valence electrons. The third-order valence-corrected chi connectivity index (χ3v) is 5.54. The van der Waals surface area contributed by atoms with E-state index in [0.29, 0.717) is 17.5 Å². The predicted octanol–water partition coefficient (Wildman–Crippen LogP) is 4.05. The lowest BCUT2D eigenvalue weighted by Gasteiger charge is -2.16. The molecule has 2 heterocycles. The van der Waals surface area contributed by atoms with Gasteiger partial charge in [-0.2, -0.15) is 0 Å². The van der Waals surface area contributed by atoms with E-state index in [1.165, 1.54) is 11.8 Å². The van der Waals surface area contributed by atoms with Crippen LogP contribution in [0.15, 0.2) is 51.4 Å². The molecule has 3 aromatic rings. The van der Waals surface area contributed by atoms with Gasteiger partial charge in [-0.05, 0) is 29.1 Å². The SMILES string of the molecule is CN(Cc1ccc(Br)cc1)C(=O)CSc1n[nH]c(-c2cccs2)n1. The van der Waals surface area contributed by atoms with Crippen LogP contribution in [0.3, 0.4) is 0 Å². The summed E-state index contributed by atoms with van der Waals surface area (Å²) in [6.07, 6.45) is 0. The van der Waals surface area contributed by atoms with Gasteiger partial charge in [-0.1, -0.05) is 45.9 Å². The number of thiophene rings is 1. The summed E-state index contributed by atoms with van der Waals surface area (Å²) in [4.78, 5) is 19.4. The number of H-pyrrole nitrogens is 1. The molecule has 1 N–H and O–H groups in total. The number of thioether (sulfide) groups is 1. The summed E-state index contributed by atoms with van der Waals surface area (Å²) in [6, 6.07) is 11.9. The molecule has 1 amide bonds. The molecule has 2 aromatic heterocycles.